The van der Waals surface area contributed by atoms with E-state index in [0.29, 0.717) is 6.54 Å². The van der Waals surface area contributed by atoms with Crippen molar-refractivity contribution in [2.75, 3.05) is 39.3 Å². The highest BCUT2D eigenvalue weighted by Gasteiger charge is 2.18. The molecule has 0 aliphatic carbocycles. The number of hydrogen-bond donors (Lipinski definition) is 1. The second-order valence-electron chi connectivity index (χ2n) is 3.74. The quantitative estimate of drug-likeness (QED) is 0.673. The van der Waals surface area contributed by atoms with Gasteiger partial charge in [0.05, 0.1) is 6.61 Å². The number of nitrogens with zero attached hydrogens (tertiary/aromatic N) is 4. The first-order valence-electron chi connectivity index (χ1n) is 5.32. The van der Waals surface area contributed by atoms with Crippen LogP contribution < -0.4 is 0 Å². The van der Waals surface area contributed by atoms with E-state index in [1.54, 1.807) is 0 Å². The van der Waals surface area contributed by atoms with Gasteiger partial charge in [-0.3, -0.25) is 4.90 Å². The van der Waals surface area contributed by atoms with E-state index in [0.717, 1.165) is 31.9 Å². The van der Waals surface area contributed by atoms with Gasteiger partial charge in [0.25, 0.3) is 0 Å². The lowest BCUT2D eigenvalue weighted by Crippen LogP contribution is -2.46. The molecule has 5 nitrogen and oxygen atoms in total. The Labute approximate surface area is 95.8 Å². The smallest absolute Gasteiger partial charge is 0.148 e. The molecule has 1 aliphatic heterocycles. The van der Waals surface area contributed by atoms with Crippen molar-refractivity contribution in [1.82, 2.24) is 9.80 Å². The van der Waals surface area contributed by atoms with E-state index in [-0.39, 0.29) is 12.2 Å². The van der Waals surface area contributed by atoms with Crippen molar-refractivity contribution in [2.45, 2.75) is 6.92 Å². The summed E-state index contributed by atoms with van der Waals surface area (Å²) in [5.74, 6) is 0. The van der Waals surface area contributed by atoms with Crippen LogP contribution in [-0.4, -0.2) is 54.2 Å². The molecular formula is C11H16N4O. The molecule has 0 spiro atoms. The van der Waals surface area contributed by atoms with E-state index in [4.69, 9.17) is 15.6 Å². The molecule has 0 radical (unpaired) electrons. The standard InChI is InChI=1S/C11H16N4O/c1-10(11(8-12)9-13)15-4-2-14(3-5-15)6-7-16/h16H,2-7H2,1H3. The number of allylic oxidation sites excluding steroid dienone is 2. The summed E-state index contributed by atoms with van der Waals surface area (Å²) >= 11 is 0. The Morgan fingerprint density at radius 1 is 1.19 bits per heavy atom. The lowest BCUT2D eigenvalue weighted by atomic mass is 10.2. The fourth-order valence-electron chi connectivity index (χ4n) is 1.79. The Hall–Kier alpha value is -1.56. The van der Waals surface area contributed by atoms with Crippen molar-refractivity contribution in [1.29, 1.82) is 10.5 Å². The van der Waals surface area contributed by atoms with E-state index in [2.05, 4.69) is 9.80 Å². The van der Waals surface area contributed by atoms with Crippen LogP contribution in [0.25, 0.3) is 0 Å². The fourth-order valence-corrected chi connectivity index (χ4v) is 1.79. The molecule has 0 unspecified atom stereocenters. The van der Waals surface area contributed by atoms with Gasteiger partial charge in [-0.05, 0) is 6.92 Å². The minimum absolute atomic E-state index is 0.177. The van der Waals surface area contributed by atoms with Crippen molar-refractivity contribution in [2.24, 2.45) is 0 Å². The summed E-state index contributed by atoms with van der Waals surface area (Å²) in [6.45, 7) is 6.02. The largest absolute Gasteiger partial charge is 0.395 e. The molecular weight excluding hydrogens is 204 g/mol. The zero-order valence-corrected chi connectivity index (χ0v) is 9.48. The molecule has 1 heterocycles. The van der Waals surface area contributed by atoms with E-state index in [1.807, 2.05) is 19.1 Å². The van der Waals surface area contributed by atoms with E-state index in [9.17, 15) is 0 Å². The molecule has 1 fully saturated rings. The van der Waals surface area contributed by atoms with Crippen LogP contribution in [0.4, 0.5) is 0 Å². The van der Waals surface area contributed by atoms with Crippen LogP contribution in [0.2, 0.25) is 0 Å². The van der Waals surface area contributed by atoms with Crippen LogP contribution >= 0.6 is 0 Å². The van der Waals surface area contributed by atoms with Gasteiger partial charge in [0.15, 0.2) is 0 Å². The van der Waals surface area contributed by atoms with Crippen molar-refractivity contribution in [3.63, 3.8) is 0 Å². The van der Waals surface area contributed by atoms with E-state index >= 15 is 0 Å². The average molecular weight is 220 g/mol. The summed E-state index contributed by atoms with van der Waals surface area (Å²) in [5, 5.41) is 26.3. The molecule has 1 aliphatic rings. The molecule has 0 bridgehead atoms. The summed E-state index contributed by atoms with van der Waals surface area (Å²) in [4.78, 5) is 4.22. The molecule has 0 aromatic heterocycles. The Balaban J connectivity index is 2.58. The lowest BCUT2D eigenvalue weighted by molar-refractivity contribution is 0.131. The van der Waals surface area contributed by atoms with E-state index in [1.165, 1.54) is 0 Å². The zero-order chi connectivity index (χ0) is 12.0. The molecule has 1 N–H and O–H groups in total. The molecule has 86 valence electrons. The number of β-amino-alcohol motifs (C(OH)–C–C–N with tert-alkyl or cyclic N) is 1. The number of piperazine rings is 1. The summed E-state index contributed by atoms with van der Waals surface area (Å²) < 4.78 is 0. The van der Waals surface area contributed by atoms with E-state index < -0.39 is 0 Å². The lowest BCUT2D eigenvalue weighted by Gasteiger charge is -2.36. The first kappa shape index (κ1) is 12.5. The molecule has 1 rings (SSSR count). The molecule has 0 atom stereocenters. The van der Waals surface area contributed by atoms with Crippen LogP contribution in [0.5, 0.6) is 0 Å². The molecule has 16 heavy (non-hydrogen) atoms. The predicted octanol–water partition coefficient (Wildman–Crippen LogP) is -0.0825. The molecule has 0 aromatic rings. The third kappa shape index (κ3) is 2.96. The number of rotatable bonds is 3. The highest BCUT2D eigenvalue weighted by molar-refractivity contribution is 5.38. The third-order valence-electron chi connectivity index (χ3n) is 2.85. The van der Waals surface area contributed by atoms with Crippen LogP contribution in [0.1, 0.15) is 6.92 Å². The van der Waals surface area contributed by atoms with Crippen molar-refractivity contribution in [3.05, 3.63) is 11.3 Å². The third-order valence-corrected chi connectivity index (χ3v) is 2.85. The van der Waals surface area contributed by atoms with Crippen LogP contribution in [0.3, 0.4) is 0 Å². The van der Waals surface area contributed by atoms with Gasteiger partial charge in [0, 0.05) is 38.4 Å². The second kappa shape index (κ2) is 6.12. The van der Waals surface area contributed by atoms with Gasteiger partial charge in [0.2, 0.25) is 0 Å². The molecule has 0 aromatic carbocycles. The molecule has 1 saturated heterocycles. The topological polar surface area (TPSA) is 74.3 Å². The predicted molar refractivity (Wildman–Crippen MR) is 59.0 cm³/mol. The first-order chi connectivity index (χ1) is 7.72. The van der Waals surface area contributed by atoms with Gasteiger partial charge >= 0.3 is 0 Å². The number of aliphatic hydroxyl groups is 1. The minimum Gasteiger partial charge on any atom is -0.395 e. The van der Waals surface area contributed by atoms with Gasteiger partial charge in [-0.1, -0.05) is 0 Å². The summed E-state index contributed by atoms with van der Waals surface area (Å²) in [7, 11) is 0. The summed E-state index contributed by atoms with van der Waals surface area (Å²) in [5.41, 5.74) is 0.948. The van der Waals surface area contributed by atoms with Crippen molar-refractivity contribution < 1.29 is 5.11 Å². The Morgan fingerprint density at radius 3 is 2.19 bits per heavy atom. The normalized spacial score (nSPS) is 16.4. The van der Waals surface area contributed by atoms with Crippen molar-refractivity contribution in [3.8, 4) is 12.1 Å². The van der Waals surface area contributed by atoms with Gasteiger partial charge < -0.3 is 10.0 Å². The Morgan fingerprint density at radius 2 is 1.75 bits per heavy atom. The molecule has 5 heteroatoms. The minimum atomic E-state index is 0.177. The van der Waals surface area contributed by atoms with Crippen molar-refractivity contribution >= 4 is 0 Å². The summed E-state index contributed by atoms with van der Waals surface area (Å²) in [6.07, 6.45) is 0. The summed E-state index contributed by atoms with van der Waals surface area (Å²) in [6, 6.07) is 3.82. The Bertz CT molecular complexity index is 326. The average Bonchev–Trinajstić information content (AvgIpc) is 2.32. The van der Waals surface area contributed by atoms with Crippen LogP contribution in [0.15, 0.2) is 11.3 Å². The molecule has 0 saturated carbocycles. The zero-order valence-electron chi connectivity index (χ0n) is 9.48. The van der Waals surface area contributed by atoms with Gasteiger partial charge in [-0.25, -0.2) is 0 Å². The Kier molecular flexibility index (Phi) is 4.78. The maximum Gasteiger partial charge on any atom is 0.148 e. The monoisotopic (exact) mass is 220 g/mol. The highest BCUT2D eigenvalue weighted by atomic mass is 16.3. The van der Waals surface area contributed by atoms with Crippen LogP contribution in [0, 0.1) is 22.7 Å². The molecule has 0 amide bonds. The van der Waals surface area contributed by atoms with Crippen LogP contribution in [-0.2, 0) is 0 Å². The number of nitriles is 2. The number of hydrogen-bond acceptors (Lipinski definition) is 5. The second-order valence-corrected chi connectivity index (χ2v) is 3.74. The van der Waals surface area contributed by atoms with Gasteiger partial charge in [-0.15, -0.1) is 0 Å². The van der Waals surface area contributed by atoms with Gasteiger partial charge in [0.1, 0.15) is 17.7 Å². The maximum absolute atomic E-state index is 8.81. The highest BCUT2D eigenvalue weighted by Crippen LogP contribution is 2.12. The first-order valence-corrected chi connectivity index (χ1v) is 5.32. The SMILES string of the molecule is CC(=C(C#N)C#N)N1CCN(CCO)CC1. The maximum atomic E-state index is 8.81. The fraction of sp³-hybridized carbons (Fsp3) is 0.636. The number of aliphatic hydroxyl groups excluding tert-OH is 1. The van der Waals surface area contributed by atoms with Gasteiger partial charge in [-0.2, -0.15) is 10.5 Å².